The van der Waals surface area contributed by atoms with Crippen LogP contribution in [0.2, 0.25) is 0 Å². The molecule has 24 heavy (non-hydrogen) atoms. The molecule has 0 unspecified atom stereocenters. The summed E-state index contributed by atoms with van der Waals surface area (Å²) >= 11 is 8.66. The maximum Gasteiger partial charge on any atom is 0.243 e. The van der Waals surface area contributed by atoms with E-state index in [1.165, 1.54) is 5.56 Å². The van der Waals surface area contributed by atoms with Crippen LogP contribution >= 0.6 is 28.1 Å². The van der Waals surface area contributed by atoms with E-state index in [-0.39, 0.29) is 12.5 Å². The highest BCUT2D eigenvalue weighted by molar-refractivity contribution is 9.10. The van der Waals surface area contributed by atoms with Gasteiger partial charge in [-0.2, -0.15) is 0 Å². The Hall–Kier alpha value is -1.92. The molecule has 3 N–H and O–H groups in total. The predicted molar refractivity (Wildman–Crippen MR) is 108 cm³/mol. The van der Waals surface area contributed by atoms with E-state index in [4.69, 9.17) is 12.2 Å². The van der Waals surface area contributed by atoms with Crippen molar-refractivity contribution in [3.05, 3.63) is 57.6 Å². The van der Waals surface area contributed by atoms with Gasteiger partial charge in [0.25, 0.3) is 0 Å². The molecule has 1 amide bonds. The van der Waals surface area contributed by atoms with Crippen LogP contribution in [0.4, 0.5) is 11.4 Å². The first-order chi connectivity index (χ1) is 11.4. The Balaban J connectivity index is 1.87. The Morgan fingerprint density at radius 3 is 2.50 bits per heavy atom. The van der Waals surface area contributed by atoms with E-state index >= 15 is 0 Å². The van der Waals surface area contributed by atoms with Crippen LogP contribution in [0, 0.1) is 20.8 Å². The first kappa shape index (κ1) is 18.4. The van der Waals surface area contributed by atoms with Crippen molar-refractivity contribution in [2.45, 2.75) is 20.8 Å². The predicted octanol–water partition coefficient (Wildman–Crippen LogP) is 4.30. The number of rotatable bonds is 4. The molecule has 2 rings (SSSR count). The average molecular weight is 406 g/mol. The van der Waals surface area contributed by atoms with Crippen molar-refractivity contribution in [2.24, 2.45) is 0 Å². The summed E-state index contributed by atoms with van der Waals surface area (Å²) in [5, 5.41) is 9.34. The third-order valence-corrected chi connectivity index (χ3v) is 4.46. The third kappa shape index (κ3) is 5.04. The van der Waals surface area contributed by atoms with Crippen LogP contribution in [-0.4, -0.2) is 17.6 Å². The maximum absolute atomic E-state index is 12.1. The summed E-state index contributed by atoms with van der Waals surface area (Å²) in [6, 6.07) is 11.7. The molecule has 6 heteroatoms. The van der Waals surface area contributed by atoms with Gasteiger partial charge >= 0.3 is 0 Å². The number of thiocarbonyl (C=S) groups is 1. The van der Waals surface area contributed by atoms with Crippen molar-refractivity contribution < 1.29 is 4.79 Å². The van der Waals surface area contributed by atoms with E-state index in [0.29, 0.717) is 5.11 Å². The standard InChI is InChI=1S/C18H20BrN3OS/c1-11-5-4-6-16(13(11)3)22-18(24)20-10-17(23)21-15-8-7-14(19)9-12(15)2/h4-9H,10H2,1-3H3,(H,21,23)(H2,20,22,24). The highest BCUT2D eigenvalue weighted by Gasteiger charge is 2.07. The minimum Gasteiger partial charge on any atom is -0.353 e. The summed E-state index contributed by atoms with van der Waals surface area (Å²) in [5.74, 6) is -0.148. The molecule has 0 aromatic heterocycles. The van der Waals surface area contributed by atoms with Gasteiger partial charge in [-0.25, -0.2) is 0 Å². The number of carbonyl (C=O) groups is 1. The number of hydrogen-bond acceptors (Lipinski definition) is 2. The van der Waals surface area contributed by atoms with Gasteiger partial charge in [0.2, 0.25) is 5.91 Å². The number of anilines is 2. The Labute approximate surface area is 156 Å². The first-order valence-corrected chi connectivity index (χ1v) is 8.74. The number of hydrogen-bond donors (Lipinski definition) is 3. The molecular formula is C18H20BrN3OS. The molecule has 0 fully saturated rings. The van der Waals surface area contributed by atoms with E-state index < -0.39 is 0 Å². The monoisotopic (exact) mass is 405 g/mol. The van der Waals surface area contributed by atoms with Crippen LogP contribution in [-0.2, 0) is 4.79 Å². The highest BCUT2D eigenvalue weighted by Crippen LogP contribution is 2.20. The van der Waals surface area contributed by atoms with Crippen molar-refractivity contribution in [1.29, 1.82) is 0 Å². The summed E-state index contributed by atoms with van der Waals surface area (Å²) in [6.07, 6.45) is 0. The second-order valence-corrected chi connectivity index (χ2v) is 6.89. The van der Waals surface area contributed by atoms with E-state index in [1.54, 1.807) is 0 Å². The van der Waals surface area contributed by atoms with Crippen LogP contribution in [0.1, 0.15) is 16.7 Å². The van der Waals surface area contributed by atoms with Gasteiger partial charge in [-0.05, 0) is 73.9 Å². The van der Waals surface area contributed by atoms with Crippen LogP contribution in [0.5, 0.6) is 0 Å². The molecular weight excluding hydrogens is 386 g/mol. The van der Waals surface area contributed by atoms with Crippen molar-refractivity contribution in [3.63, 3.8) is 0 Å². The molecule has 4 nitrogen and oxygen atoms in total. The average Bonchev–Trinajstić information content (AvgIpc) is 2.53. The summed E-state index contributed by atoms with van der Waals surface area (Å²) < 4.78 is 0.982. The van der Waals surface area contributed by atoms with Crippen LogP contribution in [0.25, 0.3) is 0 Å². The summed E-state index contributed by atoms with van der Waals surface area (Å²) in [4.78, 5) is 12.1. The second kappa shape index (κ2) is 8.26. The largest absolute Gasteiger partial charge is 0.353 e. The minimum atomic E-state index is -0.148. The first-order valence-electron chi connectivity index (χ1n) is 7.54. The van der Waals surface area contributed by atoms with Crippen LogP contribution < -0.4 is 16.0 Å². The fourth-order valence-corrected chi connectivity index (χ4v) is 2.83. The van der Waals surface area contributed by atoms with E-state index in [0.717, 1.165) is 27.0 Å². The van der Waals surface area contributed by atoms with E-state index in [9.17, 15) is 4.79 Å². The molecule has 0 aliphatic heterocycles. The molecule has 0 saturated carbocycles. The van der Waals surface area contributed by atoms with Gasteiger partial charge in [-0.3, -0.25) is 4.79 Å². The van der Waals surface area contributed by atoms with Gasteiger partial charge in [0.1, 0.15) is 0 Å². The second-order valence-electron chi connectivity index (χ2n) is 5.56. The Morgan fingerprint density at radius 1 is 1.04 bits per heavy atom. The zero-order valence-corrected chi connectivity index (χ0v) is 16.3. The van der Waals surface area contributed by atoms with Crippen molar-refractivity contribution in [3.8, 4) is 0 Å². The zero-order valence-electron chi connectivity index (χ0n) is 13.9. The van der Waals surface area contributed by atoms with E-state index in [1.807, 2.05) is 57.2 Å². The lowest BCUT2D eigenvalue weighted by Crippen LogP contribution is -2.35. The normalized spacial score (nSPS) is 10.2. The molecule has 0 aliphatic carbocycles. The van der Waals surface area contributed by atoms with Gasteiger partial charge < -0.3 is 16.0 Å². The fraction of sp³-hybridized carbons (Fsp3) is 0.222. The molecule has 0 atom stereocenters. The van der Waals surface area contributed by atoms with Gasteiger partial charge in [-0.1, -0.05) is 28.1 Å². The molecule has 0 bridgehead atoms. The molecule has 0 spiro atoms. The Morgan fingerprint density at radius 2 is 1.79 bits per heavy atom. The molecule has 2 aromatic rings. The third-order valence-electron chi connectivity index (χ3n) is 3.72. The van der Waals surface area contributed by atoms with E-state index in [2.05, 4.69) is 31.9 Å². The minimum absolute atomic E-state index is 0.103. The fourth-order valence-electron chi connectivity index (χ4n) is 2.18. The Kier molecular flexibility index (Phi) is 6.34. The van der Waals surface area contributed by atoms with Crippen LogP contribution in [0.15, 0.2) is 40.9 Å². The van der Waals surface area contributed by atoms with Gasteiger partial charge in [0, 0.05) is 15.8 Å². The Bertz CT molecular complexity index is 777. The molecule has 0 aliphatic rings. The maximum atomic E-state index is 12.1. The highest BCUT2D eigenvalue weighted by atomic mass is 79.9. The molecule has 0 radical (unpaired) electrons. The number of carbonyl (C=O) groups excluding carboxylic acids is 1. The molecule has 126 valence electrons. The number of aryl methyl sites for hydroxylation is 2. The lowest BCUT2D eigenvalue weighted by Gasteiger charge is -2.14. The number of amides is 1. The van der Waals surface area contributed by atoms with Gasteiger partial charge in [0.15, 0.2) is 5.11 Å². The molecule has 0 saturated heterocycles. The number of benzene rings is 2. The summed E-state index contributed by atoms with van der Waals surface area (Å²) in [7, 11) is 0. The summed E-state index contributed by atoms with van der Waals surface area (Å²) in [6.45, 7) is 6.13. The lowest BCUT2D eigenvalue weighted by molar-refractivity contribution is -0.115. The van der Waals surface area contributed by atoms with Crippen molar-refractivity contribution in [2.75, 3.05) is 17.2 Å². The quantitative estimate of drug-likeness (QED) is 0.663. The molecule has 2 aromatic carbocycles. The van der Waals surface area contributed by atoms with Crippen molar-refractivity contribution in [1.82, 2.24) is 5.32 Å². The smallest absolute Gasteiger partial charge is 0.243 e. The van der Waals surface area contributed by atoms with Gasteiger partial charge in [-0.15, -0.1) is 0 Å². The van der Waals surface area contributed by atoms with Crippen molar-refractivity contribution >= 4 is 50.5 Å². The SMILES string of the molecule is Cc1cc(Br)ccc1NC(=O)CNC(=S)Nc1cccc(C)c1C. The molecule has 0 heterocycles. The zero-order chi connectivity index (χ0) is 17.7. The topological polar surface area (TPSA) is 53.2 Å². The summed E-state index contributed by atoms with van der Waals surface area (Å²) in [5.41, 5.74) is 5.05. The number of nitrogens with one attached hydrogen (secondary N) is 3. The lowest BCUT2D eigenvalue weighted by atomic mass is 10.1. The van der Waals surface area contributed by atoms with Crippen LogP contribution in [0.3, 0.4) is 0 Å². The van der Waals surface area contributed by atoms with Gasteiger partial charge in [0.05, 0.1) is 6.54 Å². The number of halogens is 1.